The molecule has 0 bridgehead atoms. The van der Waals surface area contributed by atoms with Gasteiger partial charge >= 0.3 is 5.97 Å². The van der Waals surface area contributed by atoms with Gasteiger partial charge in [0.25, 0.3) is 11.7 Å². The van der Waals surface area contributed by atoms with Crippen LogP contribution in [0, 0.1) is 13.8 Å². The average Bonchev–Trinajstić information content (AvgIpc) is 2.83. The summed E-state index contributed by atoms with van der Waals surface area (Å²) in [4.78, 5) is 35.8. The lowest BCUT2D eigenvalue weighted by molar-refractivity contribution is -0.144. The van der Waals surface area contributed by atoms with Gasteiger partial charge in [0.2, 0.25) is 0 Å². The molecule has 1 aromatic heterocycles. The minimum absolute atomic E-state index is 0.203. The van der Waals surface area contributed by atoms with E-state index in [2.05, 4.69) is 10.4 Å². The zero-order chi connectivity index (χ0) is 18.6. The summed E-state index contributed by atoms with van der Waals surface area (Å²) in [5.41, 5.74) is 2.05. The van der Waals surface area contributed by atoms with Gasteiger partial charge in [0.05, 0.1) is 11.3 Å². The summed E-state index contributed by atoms with van der Waals surface area (Å²) >= 11 is 5.78. The number of amides is 1. The first-order valence-corrected chi connectivity index (χ1v) is 7.90. The monoisotopic (exact) mass is 363 g/mol. The highest BCUT2D eigenvalue weighted by Crippen LogP contribution is 2.13. The Morgan fingerprint density at radius 1 is 1.20 bits per heavy atom. The maximum Gasteiger partial charge on any atom is 0.380 e. The Balaban J connectivity index is 1.85. The van der Waals surface area contributed by atoms with Crippen molar-refractivity contribution in [2.75, 3.05) is 6.61 Å². The lowest BCUT2D eigenvalue weighted by Crippen LogP contribution is -2.30. The molecule has 1 amide bonds. The van der Waals surface area contributed by atoms with E-state index in [0.29, 0.717) is 16.4 Å². The standard InChI is InChI=1S/C17H18ClN3O4/c1-10-15(11(2)21(3)20-10)16(23)17(24)25-9-14(22)19-8-12-4-6-13(18)7-5-12/h4-7H,8-9H2,1-3H3,(H,19,22). The first kappa shape index (κ1) is 18.7. The molecular weight excluding hydrogens is 346 g/mol. The van der Waals surface area contributed by atoms with Crippen LogP contribution in [0.5, 0.6) is 0 Å². The molecule has 0 radical (unpaired) electrons. The van der Waals surface area contributed by atoms with E-state index in [4.69, 9.17) is 16.3 Å². The summed E-state index contributed by atoms with van der Waals surface area (Å²) in [5, 5.41) is 7.27. The molecule has 0 fully saturated rings. The number of benzene rings is 1. The van der Waals surface area contributed by atoms with Crippen LogP contribution in [-0.2, 0) is 27.9 Å². The number of ether oxygens (including phenoxy) is 1. The number of aryl methyl sites for hydroxylation is 2. The van der Waals surface area contributed by atoms with E-state index < -0.39 is 24.3 Å². The van der Waals surface area contributed by atoms with Crippen LogP contribution < -0.4 is 5.32 Å². The van der Waals surface area contributed by atoms with Crippen molar-refractivity contribution >= 4 is 29.3 Å². The molecule has 1 heterocycles. The molecule has 0 saturated carbocycles. The molecule has 7 nitrogen and oxygen atoms in total. The van der Waals surface area contributed by atoms with E-state index >= 15 is 0 Å². The van der Waals surface area contributed by atoms with Gasteiger partial charge in [-0.2, -0.15) is 5.10 Å². The smallest absolute Gasteiger partial charge is 0.380 e. The number of aromatic nitrogens is 2. The van der Waals surface area contributed by atoms with Gasteiger partial charge in [0.15, 0.2) is 6.61 Å². The normalized spacial score (nSPS) is 10.4. The maximum absolute atomic E-state index is 12.2. The molecule has 2 aromatic rings. The highest BCUT2D eigenvalue weighted by atomic mass is 35.5. The van der Waals surface area contributed by atoms with Gasteiger partial charge in [0.1, 0.15) is 0 Å². The van der Waals surface area contributed by atoms with Crippen molar-refractivity contribution in [2.45, 2.75) is 20.4 Å². The molecule has 0 aliphatic carbocycles. The van der Waals surface area contributed by atoms with Crippen molar-refractivity contribution in [1.29, 1.82) is 0 Å². The molecule has 1 N–H and O–H groups in total. The molecule has 1 aromatic carbocycles. The Hall–Kier alpha value is -2.67. The number of Topliss-reactive ketones (excluding diaryl/α,β-unsaturated/α-hetero) is 1. The molecule has 0 saturated heterocycles. The molecule has 8 heteroatoms. The van der Waals surface area contributed by atoms with Gasteiger partial charge < -0.3 is 10.1 Å². The average molecular weight is 364 g/mol. The first-order valence-electron chi connectivity index (χ1n) is 7.52. The van der Waals surface area contributed by atoms with Crippen LogP contribution in [0.25, 0.3) is 0 Å². The van der Waals surface area contributed by atoms with Gasteiger partial charge in [-0.3, -0.25) is 14.3 Å². The van der Waals surface area contributed by atoms with Crippen LogP contribution in [0.1, 0.15) is 27.3 Å². The molecule has 0 atom stereocenters. The number of ketones is 1. The van der Waals surface area contributed by atoms with Crippen molar-refractivity contribution < 1.29 is 19.1 Å². The van der Waals surface area contributed by atoms with Crippen LogP contribution >= 0.6 is 11.6 Å². The van der Waals surface area contributed by atoms with Crippen LogP contribution in [0.2, 0.25) is 5.02 Å². The molecule has 132 valence electrons. The predicted molar refractivity (Wildman–Crippen MR) is 91.3 cm³/mol. The summed E-state index contributed by atoms with van der Waals surface area (Å²) in [7, 11) is 1.68. The van der Waals surface area contributed by atoms with Crippen molar-refractivity contribution in [2.24, 2.45) is 7.05 Å². The fourth-order valence-electron chi connectivity index (χ4n) is 2.25. The number of nitrogens with one attached hydrogen (secondary N) is 1. The zero-order valence-corrected chi connectivity index (χ0v) is 14.9. The number of halogens is 1. The Kier molecular flexibility index (Phi) is 5.93. The highest BCUT2D eigenvalue weighted by molar-refractivity contribution is 6.41. The summed E-state index contributed by atoms with van der Waals surface area (Å²) in [6.45, 7) is 3.05. The van der Waals surface area contributed by atoms with Gasteiger partial charge in [0, 0.05) is 24.3 Å². The van der Waals surface area contributed by atoms with Crippen LogP contribution in [0.4, 0.5) is 0 Å². The zero-order valence-electron chi connectivity index (χ0n) is 14.1. The SMILES string of the molecule is Cc1nn(C)c(C)c1C(=O)C(=O)OCC(=O)NCc1ccc(Cl)cc1. The Bertz CT molecular complexity index is 812. The quantitative estimate of drug-likeness (QED) is 0.479. The number of rotatable bonds is 6. The van der Waals surface area contributed by atoms with Crippen LogP contribution in [0.3, 0.4) is 0 Å². The second-order valence-electron chi connectivity index (χ2n) is 5.48. The number of hydrogen-bond donors (Lipinski definition) is 1. The molecule has 0 spiro atoms. The largest absolute Gasteiger partial charge is 0.450 e. The summed E-state index contributed by atoms with van der Waals surface area (Å²) < 4.78 is 6.30. The molecule has 25 heavy (non-hydrogen) atoms. The van der Waals surface area contributed by atoms with Crippen LogP contribution in [0.15, 0.2) is 24.3 Å². The van der Waals surface area contributed by atoms with E-state index in [0.717, 1.165) is 5.56 Å². The van der Waals surface area contributed by atoms with Crippen molar-refractivity contribution in [3.8, 4) is 0 Å². The van der Waals surface area contributed by atoms with E-state index in [1.807, 2.05) is 0 Å². The third kappa shape index (κ3) is 4.67. The Morgan fingerprint density at radius 2 is 1.84 bits per heavy atom. The molecule has 0 unspecified atom stereocenters. The Labute approximate surface area is 149 Å². The van der Waals surface area contributed by atoms with Gasteiger partial charge in [-0.05, 0) is 31.5 Å². The second-order valence-corrected chi connectivity index (χ2v) is 5.91. The third-order valence-electron chi connectivity index (χ3n) is 3.66. The lowest BCUT2D eigenvalue weighted by atomic mass is 10.1. The minimum Gasteiger partial charge on any atom is -0.450 e. The minimum atomic E-state index is -1.08. The van der Waals surface area contributed by atoms with Gasteiger partial charge in [-0.15, -0.1) is 0 Å². The third-order valence-corrected chi connectivity index (χ3v) is 3.91. The summed E-state index contributed by atoms with van der Waals surface area (Å²) in [5.74, 6) is -2.40. The van der Waals surface area contributed by atoms with Gasteiger partial charge in [-0.1, -0.05) is 23.7 Å². The highest BCUT2D eigenvalue weighted by Gasteiger charge is 2.25. The number of esters is 1. The summed E-state index contributed by atoms with van der Waals surface area (Å²) in [6.07, 6.45) is 0. The van der Waals surface area contributed by atoms with E-state index in [-0.39, 0.29) is 12.1 Å². The fraction of sp³-hybridized carbons (Fsp3) is 0.294. The second kappa shape index (κ2) is 7.94. The number of hydrogen-bond acceptors (Lipinski definition) is 5. The van der Waals surface area contributed by atoms with Crippen LogP contribution in [-0.4, -0.2) is 34.0 Å². The van der Waals surface area contributed by atoms with E-state index in [1.54, 1.807) is 45.2 Å². The topological polar surface area (TPSA) is 90.3 Å². The number of nitrogens with zero attached hydrogens (tertiary/aromatic N) is 2. The number of carbonyl (C=O) groups excluding carboxylic acids is 3. The van der Waals surface area contributed by atoms with Crippen molar-refractivity contribution in [3.05, 3.63) is 51.8 Å². The molecular formula is C17H18ClN3O4. The number of carbonyl (C=O) groups is 3. The molecule has 0 aliphatic heterocycles. The van der Waals surface area contributed by atoms with Crippen molar-refractivity contribution in [1.82, 2.24) is 15.1 Å². The Morgan fingerprint density at radius 3 is 2.40 bits per heavy atom. The first-order chi connectivity index (χ1) is 11.8. The van der Waals surface area contributed by atoms with E-state index in [1.165, 1.54) is 4.68 Å². The fourth-order valence-corrected chi connectivity index (χ4v) is 2.38. The van der Waals surface area contributed by atoms with Crippen molar-refractivity contribution in [3.63, 3.8) is 0 Å². The molecule has 2 rings (SSSR count). The summed E-state index contributed by atoms with van der Waals surface area (Å²) in [6, 6.07) is 6.96. The predicted octanol–water partition coefficient (Wildman–Crippen LogP) is 1.73. The molecule has 0 aliphatic rings. The van der Waals surface area contributed by atoms with E-state index in [9.17, 15) is 14.4 Å². The lowest BCUT2D eigenvalue weighted by Gasteiger charge is -2.07. The van der Waals surface area contributed by atoms with Gasteiger partial charge in [-0.25, -0.2) is 4.79 Å². The maximum atomic E-state index is 12.2.